The summed E-state index contributed by atoms with van der Waals surface area (Å²) in [6, 6.07) is 15.2. The lowest BCUT2D eigenvalue weighted by atomic mass is 10.1. The molecule has 0 saturated heterocycles. The van der Waals surface area contributed by atoms with Gasteiger partial charge in [-0.3, -0.25) is 19.0 Å². The first-order valence-electron chi connectivity index (χ1n) is 11.9. The first-order valence-corrected chi connectivity index (χ1v) is 11.9. The van der Waals surface area contributed by atoms with Crippen molar-refractivity contribution in [3.8, 4) is 5.75 Å². The molecule has 0 aliphatic carbocycles. The number of anilines is 2. The SMILES string of the molecule is CCc1ccc(OCc2cccc(C(=O)Nc3cnn(CC)c3C(=O)Nc3cnn(C)c3C)c2)cc1. The highest BCUT2D eigenvalue weighted by atomic mass is 16.5. The fraction of sp³-hybridized carbons (Fsp3) is 0.259. The first kappa shape index (κ1) is 24.7. The minimum atomic E-state index is -0.378. The van der Waals surface area contributed by atoms with E-state index in [0.717, 1.165) is 23.4 Å². The molecule has 4 rings (SSSR count). The molecule has 0 saturated carbocycles. The molecule has 0 aliphatic heterocycles. The molecule has 0 aliphatic rings. The van der Waals surface area contributed by atoms with Crippen LogP contribution in [0.1, 0.15) is 51.5 Å². The maximum atomic E-state index is 13.1. The van der Waals surface area contributed by atoms with Gasteiger partial charge < -0.3 is 15.4 Å². The third kappa shape index (κ3) is 5.46. The highest BCUT2D eigenvalue weighted by molar-refractivity contribution is 6.11. The monoisotopic (exact) mass is 486 g/mol. The van der Waals surface area contributed by atoms with E-state index in [1.54, 1.807) is 34.7 Å². The van der Waals surface area contributed by atoms with E-state index in [1.807, 2.05) is 50.2 Å². The third-order valence-electron chi connectivity index (χ3n) is 6.01. The van der Waals surface area contributed by atoms with E-state index in [2.05, 4.69) is 27.8 Å². The van der Waals surface area contributed by atoms with Crippen molar-refractivity contribution in [2.45, 2.75) is 40.3 Å². The summed E-state index contributed by atoms with van der Waals surface area (Å²) in [6.45, 7) is 6.65. The molecule has 2 aromatic carbocycles. The molecule has 2 heterocycles. The Balaban J connectivity index is 1.47. The van der Waals surface area contributed by atoms with Crippen molar-refractivity contribution in [3.63, 3.8) is 0 Å². The fourth-order valence-electron chi connectivity index (χ4n) is 3.74. The van der Waals surface area contributed by atoms with E-state index >= 15 is 0 Å². The van der Waals surface area contributed by atoms with Crippen molar-refractivity contribution in [1.29, 1.82) is 0 Å². The molecule has 0 fully saturated rings. The summed E-state index contributed by atoms with van der Waals surface area (Å²) in [6.07, 6.45) is 4.05. The number of benzene rings is 2. The summed E-state index contributed by atoms with van der Waals surface area (Å²) < 4.78 is 9.10. The summed E-state index contributed by atoms with van der Waals surface area (Å²) in [7, 11) is 1.80. The summed E-state index contributed by atoms with van der Waals surface area (Å²) in [4.78, 5) is 26.2. The number of carbonyl (C=O) groups is 2. The average molecular weight is 487 g/mol. The predicted octanol–water partition coefficient (Wildman–Crippen LogP) is 4.59. The van der Waals surface area contributed by atoms with Crippen molar-refractivity contribution in [1.82, 2.24) is 19.6 Å². The Morgan fingerprint density at radius 2 is 1.64 bits per heavy atom. The molecular formula is C27H30N6O3. The van der Waals surface area contributed by atoms with Crippen LogP contribution < -0.4 is 15.4 Å². The molecule has 0 bridgehead atoms. The van der Waals surface area contributed by atoms with Gasteiger partial charge in [-0.05, 0) is 55.7 Å². The molecular weight excluding hydrogens is 456 g/mol. The largest absolute Gasteiger partial charge is 0.489 e. The first-order chi connectivity index (χ1) is 17.4. The predicted molar refractivity (Wildman–Crippen MR) is 138 cm³/mol. The van der Waals surface area contributed by atoms with Crippen LogP contribution in [0.15, 0.2) is 60.9 Å². The Kier molecular flexibility index (Phi) is 7.48. The minimum Gasteiger partial charge on any atom is -0.489 e. The van der Waals surface area contributed by atoms with Crippen LogP contribution in [0.25, 0.3) is 0 Å². The van der Waals surface area contributed by atoms with E-state index in [-0.39, 0.29) is 17.5 Å². The van der Waals surface area contributed by atoms with Crippen molar-refractivity contribution < 1.29 is 14.3 Å². The van der Waals surface area contributed by atoms with E-state index in [4.69, 9.17) is 4.74 Å². The van der Waals surface area contributed by atoms with Crippen molar-refractivity contribution in [3.05, 3.63) is 89.0 Å². The van der Waals surface area contributed by atoms with Crippen molar-refractivity contribution in [2.75, 3.05) is 10.6 Å². The Hall–Kier alpha value is -4.40. The van der Waals surface area contributed by atoms with E-state index in [0.29, 0.717) is 30.1 Å². The number of aryl methyl sites for hydroxylation is 3. The van der Waals surface area contributed by atoms with Crippen LogP contribution in [0.4, 0.5) is 11.4 Å². The Morgan fingerprint density at radius 3 is 2.31 bits per heavy atom. The summed E-state index contributed by atoms with van der Waals surface area (Å²) >= 11 is 0. The zero-order valence-corrected chi connectivity index (χ0v) is 20.9. The van der Waals surface area contributed by atoms with Gasteiger partial charge in [-0.25, -0.2) is 0 Å². The molecule has 0 spiro atoms. The van der Waals surface area contributed by atoms with Gasteiger partial charge in [0.2, 0.25) is 0 Å². The Morgan fingerprint density at radius 1 is 0.917 bits per heavy atom. The number of nitrogens with zero attached hydrogens (tertiary/aromatic N) is 4. The molecule has 9 heteroatoms. The van der Waals surface area contributed by atoms with Gasteiger partial charge in [-0.15, -0.1) is 0 Å². The van der Waals surface area contributed by atoms with Crippen molar-refractivity contribution in [2.24, 2.45) is 7.05 Å². The fourth-order valence-corrected chi connectivity index (χ4v) is 3.74. The highest BCUT2D eigenvalue weighted by Crippen LogP contribution is 2.21. The van der Waals surface area contributed by atoms with Gasteiger partial charge in [0.1, 0.15) is 18.1 Å². The van der Waals surface area contributed by atoms with Crippen LogP contribution in [-0.4, -0.2) is 31.4 Å². The normalized spacial score (nSPS) is 10.8. The number of amides is 2. The van der Waals surface area contributed by atoms with E-state index in [9.17, 15) is 9.59 Å². The summed E-state index contributed by atoms with van der Waals surface area (Å²) in [5.41, 5.74) is 4.57. The van der Waals surface area contributed by atoms with E-state index < -0.39 is 0 Å². The van der Waals surface area contributed by atoms with Crippen LogP contribution in [-0.2, 0) is 26.6 Å². The lowest BCUT2D eigenvalue weighted by molar-refractivity contribution is 0.101. The van der Waals surface area contributed by atoms with Gasteiger partial charge in [0.15, 0.2) is 0 Å². The lowest BCUT2D eigenvalue weighted by Crippen LogP contribution is -2.21. The van der Waals surface area contributed by atoms with Crippen LogP contribution in [0.2, 0.25) is 0 Å². The summed E-state index contributed by atoms with van der Waals surface area (Å²) in [5.74, 6) is 0.0527. The van der Waals surface area contributed by atoms with Gasteiger partial charge in [0, 0.05) is 19.2 Å². The zero-order valence-electron chi connectivity index (χ0n) is 20.9. The second-order valence-corrected chi connectivity index (χ2v) is 8.38. The molecule has 2 N–H and O–H groups in total. The van der Waals surface area contributed by atoms with E-state index in [1.165, 1.54) is 11.8 Å². The summed E-state index contributed by atoms with van der Waals surface area (Å²) in [5, 5.41) is 14.1. The molecule has 0 atom stereocenters. The van der Waals surface area contributed by atoms with Crippen LogP contribution in [0, 0.1) is 6.92 Å². The molecule has 36 heavy (non-hydrogen) atoms. The number of ether oxygens (including phenoxy) is 1. The number of rotatable bonds is 9. The molecule has 2 amide bonds. The second kappa shape index (κ2) is 10.9. The van der Waals surface area contributed by atoms with Crippen molar-refractivity contribution >= 4 is 23.2 Å². The second-order valence-electron chi connectivity index (χ2n) is 8.38. The molecule has 0 radical (unpaired) electrons. The van der Waals surface area contributed by atoms with Gasteiger partial charge in [0.05, 0.1) is 29.5 Å². The molecule has 4 aromatic rings. The van der Waals surface area contributed by atoms with Gasteiger partial charge in [-0.1, -0.05) is 31.2 Å². The molecule has 2 aromatic heterocycles. The third-order valence-corrected chi connectivity index (χ3v) is 6.01. The number of nitrogens with one attached hydrogen (secondary N) is 2. The minimum absolute atomic E-state index is 0.268. The lowest BCUT2D eigenvalue weighted by Gasteiger charge is -2.11. The smallest absolute Gasteiger partial charge is 0.276 e. The Bertz CT molecular complexity index is 1370. The maximum absolute atomic E-state index is 13.1. The Labute approximate surface area is 210 Å². The standard InChI is InChI=1S/C27H30N6O3/c1-5-19-10-12-22(13-11-19)36-17-20-8-7-9-21(14-20)26(34)31-24-16-29-33(6-2)25(24)27(35)30-23-15-28-32(4)18(23)3/h7-16H,5-6,17H2,1-4H3,(H,30,35)(H,31,34). The highest BCUT2D eigenvalue weighted by Gasteiger charge is 2.21. The topological polar surface area (TPSA) is 103 Å². The number of hydrogen-bond acceptors (Lipinski definition) is 5. The van der Waals surface area contributed by atoms with Crippen LogP contribution in [0.3, 0.4) is 0 Å². The molecule has 186 valence electrons. The average Bonchev–Trinajstić information content (AvgIpc) is 3.45. The van der Waals surface area contributed by atoms with Crippen LogP contribution in [0.5, 0.6) is 5.75 Å². The number of carbonyl (C=O) groups excluding carboxylic acids is 2. The molecule has 0 unspecified atom stereocenters. The number of hydrogen-bond donors (Lipinski definition) is 2. The van der Waals surface area contributed by atoms with Gasteiger partial charge >= 0.3 is 0 Å². The zero-order chi connectivity index (χ0) is 25.7. The maximum Gasteiger partial charge on any atom is 0.276 e. The van der Waals surface area contributed by atoms with Gasteiger partial charge in [-0.2, -0.15) is 10.2 Å². The van der Waals surface area contributed by atoms with Crippen LogP contribution >= 0.6 is 0 Å². The number of aromatic nitrogens is 4. The molecule has 9 nitrogen and oxygen atoms in total. The van der Waals surface area contributed by atoms with Gasteiger partial charge in [0.25, 0.3) is 11.8 Å². The quantitative estimate of drug-likeness (QED) is 0.360.